The van der Waals surface area contributed by atoms with Crippen molar-refractivity contribution in [3.05, 3.63) is 37.0 Å². The second-order valence-corrected chi connectivity index (χ2v) is 7.30. The highest BCUT2D eigenvalue weighted by Gasteiger charge is 2.69. The fourth-order valence-corrected chi connectivity index (χ4v) is 4.80. The molecule has 0 aromatic heterocycles. The highest BCUT2D eigenvalue weighted by molar-refractivity contribution is 5.93. The molecule has 8 heteroatoms. The van der Waals surface area contributed by atoms with Crippen molar-refractivity contribution in [3.63, 3.8) is 0 Å². The van der Waals surface area contributed by atoms with Crippen LogP contribution >= 0.6 is 0 Å². The molecule has 0 aromatic rings. The second-order valence-electron chi connectivity index (χ2n) is 7.30. The van der Waals surface area contributed by atoms with Crippen LogP contribution in [0.15, 0.2) is 37.0 Å². The smallest absolute Gasteiger partial charge is 0.334 e. The lowest BCUT2D eigenvalue weighted by atomic mass is 9.53. The van der Waals surface area contributed by atoms with E-state index >= 15 is 0 Å². The molecule has 2 N–H and O–H groups in total. The van der Waals surface area contributed by atoms with Gasteiger partial charge in [-0.25, -0.2) is 9.59 Å². The van der Waals surface area contributed by atoms with E-state index in [1.807, 2.05) is 0 Å². The number of esters is 3. The molecule has 0 amide bonds. The lowest BCUT2D eigenvalue weighted by molar-refractivity contribution is -0.225. The summed E-state index contributed by atoms with van der Waals surface area (Å²) >= 11 is 0. The highest BCUT2D eigenvalue weighted by Crippen LogP contribution is 2.58. The number of hydrogen-bond donors (Lipinski definition) is 2. The van der Waals surface area contributed by atoms with Crippen LogP contribution in [0.3, 0.4) is 0 Å². The molecule has 0 spiro atoms. The summed E-state index contributed by atoms with van der Waals surface area (Å²) in [6, 6.07) is 0. The summed E-state index contributed by atoms with van der Waals surface area (Å²) in [6.45, 7) is 12.7. The minimum absolute atomic E-state index is 0.0447. The highest BCUT2D eigenvalue weighted by atomic mass is 16.6. The van der Waals surface area contributed by atoms with Crippen molar-refractivity contribution in [3.8, 4) is 0 Å². The van der Waals surface area contributed by atoms with Gasteiger partial charge in [0.15, 0.2) is 0 Å². The molecule has 3 fully saturated rings. The molecule has 0 bridgehead atoms. The zero-order valence-corrected chi connectivity index (χ0v) is 15.6. The lowest BCUT2D eigenvalue weighted by Gasteiger charge is -2.57. The molecular formula is C20H24O8. The van der Waals surface area contributed by atoms with Crippen LogP contribution in [0.25, 0.3) is 0 Å². The van der Waals surface area contributed by atoms with Crippen LogP contribution in [0.5, 0.6) is 0 Å². The first kappa shape index (κ1) is 20.3. The molecule has 1 aliphatic carbocycles. The number of hydrogen-bond acceptors (Lipinski definition) is 8. The van der Waals surface area contributed by atoms with Crippen LogP contribution in [0.2, 0.25) is 0 Å². The first-order valence-corrected chi connectivity index (χ1v) is 9.16. The Morgan fingerprint density at radius 2 is 1.89 bits per heavy atom. The largest absolute Gasteiger partial charge is 0.459 e. The Balaban J connectivity index is 2.15. The van der Waals surface area contributed by atoms with E-state index in [9.17, 15) is 19.5 Å². The van der Waals surface area contributed by atoms with Crippen molar-refractivity contribution in [2.45, 2.75) is 44.2 Å². The Morgan fingerprint density at radius 3 is 2.46 bits per heavy atom. The Hall–Kier alpha value is -2.45. The molecule has 7 atom stereocenters. The van der Waals surface area contributed by atoms with E-state index in [1.54, 1.807) is 6.92 Å². The third-order valence-electron chi connectivity index (χ3n) is 6.06. The molecule has 0 aromatic carbocycles. The van der Waals surface area contributed by atoms with Gasteiger partial charge in [-0.1, -0.05) is 26.2 Å². The third kappa shape index (κ3) is 2.62. The van der Waals surface area contributed by atoms with Gasteiger partial charge in [0, 0.05) is 17.1 Å². The Bertz CT molecular complexity index is 755. The number of carbonyl (C=O) groups is 3. The Morgan fingerprint density at radius 1 is 1.25 bits per heavy atom. The Kier molecular flexibility index (Phi) is 5.20. The third-order valence-corrected chi connectivity index (χ3v) is 6.06. The van der Waals surface area contributed by atoms with Gasteiger partial charge < -0.3 is 24.4 Å². The first-order valence-electron chi connectivity index (χ1n) is 9.16. The van der Waals surface area contributed by atoms with Gasteiger partial charge in [0.1, 0.15) is 24.4 Å². The van der Waals surface area contributed by atoms with Crippen molar-refractivity contribution in [1.29, 1.82) is 0 Å². The summed E-state index contributed by atoms with van der Waals surface area (Å²) in [4.78, 5) is 36.7. The van der Waals surface area contributed by atoms with Gasteiger partial charge in [-0.15, -0.1) is 6.58 Å². The standard InChI is InChI=1S/C20H24O8/c1-5-11-20(6-2)14(10(4)19(25)26-11)15-13(9(3)18(24)28-15)16(17(20)23)27-12(22)7-8-21/h6,11,13-17,21,23H,2-5,7-8H2,1H3/t11-,13+,14-,15+,16-,17-,20-/m0/s1. The molecule has 3 rings (SSSR count). The van der Waals surface area contributed by atoms with Crippen molar-refractivity contribution in [2.75, 3.05) is 6.61 Å². The van der Waals surface area contributed by atoms with E-state index in [1.165, 1.54) is 6.08 Å². The zero-order valence-electron chi connectivity index (χ0n) is 15.6. The van der Waals surface area contributed by atoms with Gasteiger partial charge in [0.05, 0.1) is 24.4 Å². The van der Waals surface area contributed by atoms with Gasteiger partial charge in [0.25, 0.3) is 0 Å². The molecular weight excluding hydrogens is 368 g/mol. The van der Waals surface area contributed by atoms with Crippen LogP contribution in [-0.2, 0) is 28.6 Å². The fourth-order valence-electron chi connectivity index (χ4n) is 4.80. The average molecular weight is 392 g/mol. The van der Waals surface area contributed by atoms with Crippen LogP contribution in [-0.4, -0.2) is 59.1 Å². The fraction of sp³-hybridized carbons (Fsp3) is 0.550. The maximum atomic E-state index is 12.4. The number of cyclic esters (lactones) is 1. The molecule has 2 heterocycles. The first-order chi connectivity index (χ1) is 13.2. The number of carbonyl (C=O) groups excluding carboxylic acids is 3. The summed E-state index contributed by atoms with van der Waals surface area (Å²) in [5, 5.41) is 20.3. The maximum absolute atomic E-state index is 12.4. The van der Waals surface area contributed by atoms with Gasteiger partial charge in [-0.3, -0.25) is 4.79 Å². The van der Waals surface area contributed by atoms with E-state index in [0.717, 1.165) is 0 Å². The molecule has 2 saturated heterocycles. The van der Waals surface area contributed by atoms with Gasteiger partial charge in [-0.2, -0.15) is 0 Å². The minimum atomic E-state index is -1.36. The summed E-state index contributed by atoms with van der Waals surface area (Å²) in [6.07, 6.45) is -2.70. The molecule has 1 saturated carbocycles. The SMILES string of the molecule is C=C[C@]12[C@H](CC)OC(=O)C(=C)[C@H]1[C@@H]1OC(=O)C(=C)[C@H]1[C@H](OC(=O)CCO)[C@@H]2O. The number of fused-ring (bicyclic) bond motifs is 3. The Labute approximate surface area is 162 Å². The number of aliphatic hydroxyl groups is 2. The van der Waals surface area contributed by atoms with Crippen LogP contribution < -0.4 is 0 Å². The van der Waals surface area contributed by atoms with Crippen LogP contribution in [0, 0.1) is 17.3 Å². The zero-order chi connectivity index (χ0) is 20.8. The topological polar surface area (TPSA) is 119 Å². The monoisotopic (exact) mass is 392 g/mol. The molecule has 152 valence electrons. The normalized spacial score (nSPS) is 39.5. The predicted octanol–water partition coefficient (Wildman–Crippen LogP) is 0.433. The van der Waals surface area contributed by atoms with Gasteiger partial charge >= 0.3 is 17.9 Å². The summed E-state index contributed by atoms with van der Waals surface area (Å²) in [5.41, 5.74) is -1.17. The molecule has 2 aliphatic heterocycles. The van der Waals surface area contributed by atoms with E-state index in [-0.39, 0.29) is 17.6 Å². The number of rotatable bonds is 5. The van der Waals surface area contributed by atoms with E-state index in [0.29, 0.717) is 6.42 Å². The minimum Gasteiger partial charge on any atom is -0.459 e. The second kappa shape index (κ2) is 7.18. The van der Waals surface area contributed by atoms with Crippen molar-refractivity contribution in [1.82, 2.24) is 0 Å². The van der Waals surface area contributed by atoms with E-state index in [2.05, 4.69) is 19.7 Å². The van der Waals surface area contributed by atoms with Crippen LogP contribution in [0.4, 0.5) is 0 Å². The van der Waals surface area contributed by atoms with Crippen molar-refractivity contribution < 1.29 is 38.8 Å². The van der Waals surface area contributed by atoms with Crippen LogP contribution in [0.1, 0.15) is 19.8 Å². The average Bonchev–Trinajstić information content (AvgIpc) is 2.95. The molecule has 28 heavy (non-hydrogen) atoms. The molecule has 0 radical (unpaired) electrons. The summed E-state index contributed by atoms with van der Waals surface area (Å²) in [5.74, 6) is -3.72. The van der Waals surface area contributed by atoms with E-state index < -0.39 is 66.2 Å². The molecule has 8 nitrogen and oxygen atoms in total. The summed E-state index contributed by atoms with van der Waals surface area (Å²) in [7, 11) is 0. The number of aliphatic hydroxyl groups excluding tert-OH is 2. The maximum Gasteiger partial charge on any atom is 0.334 e. The lowest BCUT2D eigenvalue weighted by Crippen LogP contribution is -2.68. The van der Waals surface area contributed by atoms with Crippen molar-refractivity contribution in [2.24, 2.45) is 17.3 Å². The predicted molar refractivity (Wildman–Crippen MR) is 95.5 cm³/mol. The van der Waals surface area contributed by atoms with Gasteiger partial charge in [-0.05, 0) is 6.42 Å². The quantitative estimate of drug-likeness (QED) is 0.299. The molecule has 3 aliphatic rings. The van der Waals surface area contributed by atoms with Gasteiger partial charge in [0.2, 0.25) is 0 Å². The molecule has 0 unspecified atom stereocenters. The van der Waals surface area contributed by atoms with Crippen molar-refractivity contribution >= 4 is 17.9 Å². The summed E-state index contributed by atoms with van der Waals surface area (Å²) < 4.78 is 16.4. The van der Waals surface area contributed by atoms with E-state index in [4.69, 9.17) is 19.3 Å². The number of ether oxygens (including phenoxy) is 3.